The summed E-state index contributed by atoms with van der Waals surface area (Å²) in [6, 6.07) is 2.58. The number of halogens is 3. The molecule has 0 atom stereocenters. The minimum absolute atomic E-state index is 0.00799. The highest BCUT2D eigenvalue weighted by molar-refractivity contribution is 9.10. The normalized spacial score (nSPS) is 11.0. The van der Waals surface area contributed by atoms with Crippen LogP contribution in [0.3, 0.4) is 0 Å². The van der Waals surface area contributed by atoms with E-state index >= 15 is 0 Å². The van der Waals surface area contributed by atoms with E-state index in [1.165, 1.54) is 16.8 Å². The van der Waals surface area contributed by atoms with E-state index in [1.807, 2.05) is 0 Å². The number of benzene rings is 1. The predicted octanol–water partition coefficient (Wildman–Crippen LogP) is 2.71. The Bertz CT molecular complexity index is 604. The van der Waals surface area contributed by atoms with Gasteiger partial charge in [-0.15, -0.1) is 0 Å². The molecule has 7 heteroatoms. The largest absolute Gasteiger partial charge is 0.383 e. The van der Waals surface area contributed by atoms with Gasteiger partial charge in [-0.1, -0.05) is 0 Å². The third-order valence-electron chi connectivity index (χ3n) is 2.96. The first-order valence-electron chi connectivity index (χ1n) is 6.45. The third-order valence-corrected chi connectivity index (χ3v) is 3.57. The minimum Gasteiger partial charge on any atom is -0.383 e. The maximum atomic E-state index is 13.9. The van der Waals surface area contributed by atoms with Crippen molar-refractivity contribution in [1.29, 1.82) is 0 Å². The van der Waals surface area contributed by atoms with E-state index in [1.54, 1.807) is 19.5 Å². The van der Waals surface area contributed by atoms with Crippen molar-refractivity contribution in [2.75, 3.05) is 20.3 Å². The van der Waals surface area contributed by atoms with Crippen molar-refractivity contribution in [2.45, 2.75) is 13.1 Å². The van der Waals surface area contributed by atoms with Gasteiger partial charge in [0.1, 0.15) is 11.6 Å². The molecule has 1 N–H and O–H groups in total. The van der Waals surface area contributed by atoms with Gasteiger partial charge in [-0.2, -0.15) is 5.10 Å². The average Bonchev–Trinajstić information content (AvgIpc) is 2.92. The molecule has 1 aromatic heterocycles. The van der Waals surface area contributed by atoms with E-state index < -0.39 is 11.6 Å². The van der Waals surface area contributed by atoms with Crippen molar-refractivity contribution in [3.63, 3.8) is 0 Å². The Balaban J connectivity index is 2.01. The zero-order valence-electron chi connectivity index (χ0n) is 11.6. The molecule has 1 heterocycles. The molecule has 0 fully saturated rings. The van der Waals surface area contributed by atoms with Gasteiger partial charge < -0.3 is 10.1 Å². The summed E-state index contributed by atoms with van der Waals surface area (Å²) in [5, 5.41) is 7.30. The van der Waals surface area contributed by atoms with Crippen LogP contribution in [0, 0.1) is 11.6 Å². The number of rotatable bonds is 7. The van der Waals surface area contributed by atoms with Crippen molar-refractivity contribution in [1.82, 2.24) is 15.1 Å². The Hall–Kier alpha value is -1.31. The lowest BCUT2D eigenvalue weighted by molar-refractivity contribution is 0.199. The predicted molar refractivity (Wildman–Crippen MR) is 79.0 cm³/mol. The summed E-state index contributed by atoms with van der Waals surface area (Å²) in [7, 11) is 1.64. The maximum Gasteiger partial charge on any atom is 0.145 e. The number of hydrogen-bond donors (Lipinski definition) is 1. The van der Waals surface area contributed by atoms with Gasteiger partial charge in [-0.05, 0) is 28.1 Å². The highest BCUT2D eigenvalue weighted by atomic mass is 79.9. The fourth-order valence-electron chi connectivity index (χ4n) is 1.87. The SMILES string of the molecule is COCCNCc1cnn(Cc2c(F)ccc(Br)c2F)c1. The van der Waals surface area contributed by atoms with Crippen LogP contribution in [0.2, 0.25) is 0 Å². The molecule has 0 amide bonds. The summed E-state index contributed by atoms with van der Waals surface area (Å²) < 4.78 is 34.3. The first-order valence-corrected chi connectivity index (χ1v) is 7.24. The van der Waals surface area contributed by atoms with Crippen molar-refractivity contribution in [2.24, 2.45) is 0 Å². The van der Waals surface area contributed by atoms with Crippen molar-refractivity contribution in [3.8, 4) is 0 Å². The number of nitrogens with one attached hydrogen (secondary N) is 1. The van der Waals surface area contributed by atoms with Gasteiger partial charge >= 0.3 is 0 Å². The van der Waals surface area contributed by atoms with Gasteiger partial charge in [0, 0.05) is 37.5 Å². The van der Waals surface area contributed by atoms with E-state index in [0.29, 0.717) is 13.2 Å². The summed E-state index contributed by atoms with van der Waals surface area (Å²) in [6.07, 6.45) is 3.44. The Morgan fingerprint density at radius 2 is 2.19 bits per heavy atom. The van der Waals surface area contributed by atoms with Gasteiger partial charge in [-0.25, -0.2) is 8.78 Å². The highest BCUT2D eigenvalue weighted by Gasteiger charge is 2.13. The Morgan fingerprint density at radius 3 is 2.95 bits per heavy atom. The van der Waals surface area contributed by atoms with Crippen LogP contribution >= 0.6 is 15.9 Å². The number of hydrogen-bond acceptors (Lipinski definition) is 3. The first-order chi connectivity index (χ1) is 10.1. The molecule has 0 aliphatic heterocycles. The van der Waals surface area contributed by atoms with Gasteiger partial charge in [0.2, 0.25) is 0 Å². The van der Waals surface area contributed by atoms with Crippen LogP contribution < -0.4 is 5.32 Å². The number of methoxy groups -OCH3 is 1. The van der Waals surface area contributed by atoms with Crippen LogP contribution in [-0.4, -0.2) is 30.0 Å². The van der Waals surface area contributed by atoms with E-state index in [0.717, 1.165) is 12.1 Å². The van der Waals surface area contributed by atoms with E-state index in [9.17, 15) is 8.78 Å². The quantitative estimate of drug-likeness (QED) is 0.610. The van der Waals surface area contributed by atoms with Gasteiger partial charge in [0.15, 0.2) is 0 Å². The molecule has 1 aromatic carbocycles. The molecule has 0 radical (unpaired) electrons. The lowest BCUT2D eigenvalue weighted by atomic mass is 10.2. The smallest absolute Gasteiger partial charge is 0.145 e. The van der Waals surface area contributed by atoms with Gasteiger partial charge in [0.05, 0.1) is 23.8 Å². The first kappa shape index (κ1) is 16.1. The molecule has 114 valence electrons. The zero-order chi connectivity index (χ0) is 15.2. The molecule has 0 unspecified atom stereocenters. The summed E-state index contributed by atoms with van der Waals surface area (Å²) in [6.45, 7) is 2.04. The molecule has 0 aliphatic rings. The molecular weight excluding hydrogens is 344 g/mol. The average molecular weight is 360 g/mol. The number of ether oxygens (including phenoxy) is 1. The van der Waals surface area contributed by atoms with Gasteiger partial charge in [0.25, 0.3) is 0 Å². The molecule has 2 rings (SSSR count). The van der Waals surface area contributed by atoms with Crippen LogP contribution in [0.1, 0.15) is 11.1 Å². The molecule has 0 spiro atoms. The van der Waals surface area contributed by atoms with Crippen LogP contribution in [0.25, 0.3) is 0 Å². The topological polar surface area (TPSA) is 39.1 Å². The monoisotopic (exact) mass is 359 g/mol. The molecule has 2 aromatic rings. The zero-order valence-corrected chi connectivity index (χ0v) is 13.2. The molecule has 0 bridgehead atoms. The number of nitrogens with zero attached hydrogens (tertiary/aromatic N) is 2. The van der Waals surface area contributed by atoms with Crippen LogP contribution in [0.4, 0.5) is 8.78 Å². The molecule has 21 heavy (non-hydrogen) atoms. The fourth-order valence-corrected chi connectivity index (χ4v) is 2.24. The Morgan fingerprint density at radius 1 is 1.38 bits per heavy atom. The molecule has 0 aliphatic carbocycles. The van der Waals surface area contributed by atoms with E-state index in [-0.39, 0.29) is 16.6 Å². The molecule has 0 saturated heterocycles. The maximum absolute atomic E-state index is 13.9. The second-order valence-corrected chi connectivity index (χ2v) is 5.39. The third kappa shape index (κ3) is 4.33. The second kappa shape index (κ2) is 7.63. The molecule has 0 saturated carbocycles. The summed E-state index contributed by atoms with van der Waals surface area (Å²) in [5.41, 5.74) is 0.938. The van der Waals surface area contributed by atoms with Crippen molar-refractivity contribution < 1.29 is 13.5 Å². The lowest BCUT2D eigenvalue weighted by Gasteiger charge is -2.06. The van der Waals surface area contributed by atoms with E-state index in [4.69, 9.17) is 4.74 Å². The Labute approximate surface area is 130 Å². The molecular formula is C14H16BrF2N3O. The second-order valence-electron chi connectivity index (χ2n) is 4.54. The summed E-state index contributed by atoms with van der Waals surface area (Å²) >= 11 is 3.05. The van der Waals surface area contributed by atoms with Crippen molar-refractivity contribution >= 4 is 15.9 Å². The summed E-state index contributed by atoms with van der Waals surface area (Å²) in [4.78, 5) is 0. The summed E-state index contributed by atoms with van der Waals surface area (Å²) in [5.74, 6) is -1.17. The standard InChI is InChI=1S/C14H16BrF2N3O/c1-21-5-4-18-6-10-7-19-20(8-10)9-11-13(16)3-2-12(15)14(11)17/h2-3,7-8,18H,4-6,9H2,1H3. The fraction of sp³-hybridized carbons (Fsp3) is 0.357. The van der Waals surface area contributed by atoms with Crippen LogP contribution in [0.5, 0.6) is 0 Å². The lowest BCUT2D eigenvalue weighted by Crippen LogP contribution is -2.18. The van der Waals surface area contributed by atoms with Crippen LogP contribution in [-0.2, 0) is 17.8 Å². The van der Waals surface area contributed by atoms with Crippen molar-refractivity contribution in [3.05, 3.63) is 51.8 Å². The Kier molecular flexibility index (Phi) is 5.84. The minimum atomic E-state index is -0.592. The van der Waals surface area contributed by atoms with Gasteiger partial charge in [-0.3, -0.25) is 4.68 Å². The molecule has 4 nitrogen and oxygen atoms in total. The highest BCUT2D eigenvalue weighted by Crippen LogP contribution is 2.22. The van der Waals surface area contributed by atoms with E-state index in [2.05, 4.69) is 26.3 Å². The number of aromatic nitrogens is 2. The van der Waals surface area contributed by atoms with Crippen LogP contribution in [0.15, 0.2) is 29.0 Å².